The van der Waals surface area contributed by atoms with E-state index in [1.807, 2.05) is 30.3 Å². The highest BCUT2D eigenvalue weighted by Gasteiger charge is 2.22. The Hall–Kier alpha value is -4.65. The van der Waals surface area contributed by atoms with Crippen LogP contribution in [0.3, 0.4) is 0 Å². The van der Waals surface area contributed by atoms with E-state index in [0.29, 0.717) is 22.8 Å². The molecular weight excluding hydrogens is 457 g/mol. The van der Waals surface area contributed by atoms with Gasteiger partial charge in [-0.15, -0.1) is 0 Å². The largest absolute Gasteiger partial charge is 0.497 e. The summed E-state index contributed by atoms with van der Waals surface area (Å²) >= 11 is 0. The highest BCUT2D eigenvalue weighted by atomic mass is 19.1. The number of para-hydroxylation sites is 1. The Morgan fingerprint density at radius 3 is 2.33 bits per heavy atom. The van der Waals surface area contributed by atoms with Gasteiger partial charge in [-0.3, -0.25) is 9.79 Å². The molecule has 0 saturated heterocycles. The van der Waals surface area contributed by atoms with Gasteiger partial charge in [0.25, 0.3) is 0 Å². The van der Waals surface area contributed by atoms with Gasteiger partial charge in [0, 0.05) is 41.8 Å². The van der Waals surface area contributed by atoms with Crippen molar-refractivity contribution in [1.82, 2.24) is 4.57 Å². The molecule has 3 aromatic rings. The third-order valence-corrected chi connectivity index (χ3v) is 5.33. The van der Waals surface area contributed by atoms with Crippen molar-refractivity contribution >= 4 is 17.3 Å². The van der Waals surface area contributed by atoms with E-state index in [2.05, 4.69) is 23.5 Å². The standard InChI is InChI=1S/C29H28FN3O3/c1-6-11-21(7-2)32-26-18-25(34)24(19-33(26)22-12-9-8-10-13-22)27(28(30)29(31-3)36-5)20-14-16-23(35-4)17-15-20/h6-19,32H,1-2H2,3-5H3/b21-11+,28-27+,31-29?. The van der Waals surface area contributed by atoms with Gasteiger partial charge in [0.05, 0.1) is 14.2 Å². The number of anilines is 1. The van der Waals surface area contributed by atoms with Crippen molar-refractivity contribution in [2.45, 2.75) is 0 Å². The van der Waals surface area contributed by atoms with Gasteiger partial charge in [-0.25, -0.2) is 4.39 Å². The number of methoxy groups -OCH3 is 2. The third kappa shape index (κ3) is 5.70. The minimum absolute atomic E-state index is 0.0481. The van der Waals surface area contributed by atoms with Crippen LogP contribution in [0.5, 0.6) is 5.75 Å². The lowest BCUT2D eigenvalue weighted by molar-refractivity contribution is 0.390. The first-order valence-corrected chi connectivity index (χ1v) is 11.1. The Balaban J connectivity index is 2.35. The Morgan fingerprint density at radius 2 is 1.78 bits per heavy atom. The van der Waals surface area contributed by atoms with Gasteiger partial charge in [0.15, 0.2) is 11.3 Å². The summed E-state index contributed by atoms with van der Waals surface area (Å²) in [6.45, 7) is 7.51. The first-order valence-electron chi connectivity index (χ1n) is 11.1. The molecule has 0 radical (unpaired) electrons. The van der Waals surface area contributed by atoms with Gasteiger partial charge in [0.2, 0.25) is 5.90 Å². The van der Waals surface area contributed by atoms with Crippen LogP contribution in [-0.4, -0.2) is 31.7 Å². The lowest BCUT2D eigenvalue weighted by Gasteiger charge is -2.19. The van der Waals surface area contributed by atoms with E-state index in [1.165, 1.54) is 20.2 Å². The van der Waals surface area contributed by atoms with E-state index in [4.69, 9.17) is 9.47 Å². The maximum atomic E-state index is 15.9. The van der Waals surface area contributed by atoms with Crippen molar-refractivity contribution in [2.75, 3.05) is 26.6 Å². The molecule has 6 nitrogen and oxygen atoms in total. The minimum atomic E-state index is -0.763. The normalized spacial score (nSPS) is 12.4. The molecule has 1 aromatic heterocycles. The predicted octanol–water partition coefficient (Wildman–Crippen LogP) is 5.92. The van der Waals surface area contributed by atoms with Gasteiger partial charge < -0.3 is 19.4 Å². The molecule has 0 saturated carbocycles. The minimum Gasteiger partial charge on any atom is -0.497 e. The average Bonchev–Trinajstić information content (AvgIpc) is 2.91. The molecule has 184 valence electrons. The Morgan fingerprint density at radius 1 is 1.08 bits per heavy atom. The molecule has 1 N–H and O–H groups in total. The van der Waals surface area contributed by atoms with E-state index in [1.54, 1.807) is 60.4 Å². The fourth-order valence-electron chi connectivity index (χ4n) is 3.60. The van der Waals surface area contributed by atoms with Gasteiger partial charge in [0.1, 0.15) is 11.6 Å². The SMILES string of the molecule is C=C/C=C(\C=C)Nc1cc(=O)c(/C(=C(/F)C(=NC)OC)c2ccc(OC)cc2)cn1-c1ccccc1. The molecule has 0 atom stereocenters. The number of hydrogen-bond acceptors (Lipinski definition) is 5. The topological polar surface area (TPSA) is 64.8 Å². The highest BCUT2D eigenvalue weighted by molar-refractivity contribution is 6.02. The summed E-state index contributed by atoms with van der Waals surface area (Å²) < 4.78 is 28.0. The van der Waals surface area contributed by atoms with Crippen LogP contribution in [-0.2, 0) is 4.74 Å². The number of nitrogens with zero attached hydrogens (tertiary/aromatic N) is 2. The molecule has 0 fully saturated rings. The molecule has 0 aliphatic rings. The van der Waals surface area contributed by atoms with Crippen LogP contribution in [0.25, 0.3) is 11.3 Å². The Bertz CT molecular complexity index is 1390. The lowest BCUT2D eigenvalue weighted by Crippen LogP contribution is -2.18. The molecular formula is C29H28FN3O3. The van der Waals surface area contributed by atoms with Crippen molar-refractivity contribution in [3.05, 3.63) is 131 Å². The van der Waals surface area contributed by atoms with Crippen LogP contribution in [0.4, 0.5) is 10.2 Å². The summed E-state index contributed by atoms with van der Waals surface area (Å²) in [5, 5.41) is 3.19. The average molecular weight is 486 g/mol. The Kier molecular flexibility index (Phi) is 8.78. The Labute approximate surface area is 210 Å². The molecule has 0 aliphatic heterocycles. The fourth-order valence-corrected chi connectivity index (χ4v) is 3.60. The van der Waals surface area contributed by atoms with Crippen molar-refractivity contribution in [2.24, 2.45) is 4.99 Å². The van der Waals surface area contributed by atoms with E-state index < -0.39 is 11.3 Å². The van der Waals surface area contributed by atoms with Crippen molar-refractivity contribution in [1.29, 1.82) is 0 Å². The molecule has 0 bridgehead atoms. The first kappa shape index (κ1) is 26.0. The zero-order chi connectivity index (χ0) is 26.1. The second-order valence-electron chi connectivity index (χ2n) is 7.48. The fraction of sp³-hybridized carbons (Fsp3) is 0.103. The number of rotatable bonds is 9. The summed E-state index contributed by atoms with van der Waals surface area (Å²) in [5.41, 5.74) is 1.62. The lowest BCUT2D eigenvalue weighted by atomic mass is 9.97. The summed E-state index contributed by atoms with van der Waals surface area (Å²) in [6.07, 6.45) is 6.54. The smallest absolute Gasteiger partial charge is 0.245 e. The second kappa shape index (κ2) is 12.2. The molecule has 7 heteroatoms. The van der Waals surface area contributed by atoms with Crippen LogP contribution in [0.15, 0.2) is 120 Å². The maximum Gasteiger partial charge on any atom is 0.245 e. The van der Waals surface area contributed by atoms with Gasteiger partial charge in [-0.2, -0.15) is 0 Å². The zero-order valence-electron chi connectivity index (χ0n) is 20.5. The monoisotopic (exact) mass is 485 g/mol. The van der Waals surface area contributed by atoms with Gasteiger partial charge in [-0.1, -0.05) is 49.6 Å². The van der Waals surface area contributed by atoms with Crippen LogP contribution >= 0.6 is 0 Å². The number of aromatic nitrogens is 1. The molecule has 36 heavy (non-hydrogen) atoms. The van der Waals surface area contributed by atoms with E-state index in [9.17, 15) is 4.79 Å². The molecule has 0 spiro atoms. The van der Waals surface area contributed by atoms with Crippen LogP contribution < -0.4 is 15.5 Å². The third-order valence-electron chi connectivity index (χ3n) is 5.33. The van der Waals surface area contributed by atoms with Crippen molar-refractivity contribution in [3.63, 3.8) is 0 Å². The second-order valence-corrected chi connectivity index (χ2v) is 7.48. The molecule has 0 aliphatic carbocycles. The quantitative estimate of drug-likeness (QED) is 0.232. The number of allylic oxidation sites excluding steroid dienone is 3. The molecule has 1 heterocycles. The summed E-state index contributed by atoms with van der Waals surface area (Å²) in [7, 11) is 4.29. The van der Waals surface area contributed by atoms with Crippen molar-refractivity contribution in [3.8, 4) is 11.4 Å². The van der Waals surface area contributed by atoms with E-state index in [0.717, 1.165) is 5.69 Å². The zero-order valence-corrected chi connectivity index (χ0v) is 20.5. The molecule has 2 aromatic carbocycles. The first-order chi connectivity index (χ1) is 17.5. The number of nitrogens with one attached hydrogen (secondary N) is 1. The van der Waals surface area contributed by atoms with Gasteiger partial charge in [-0.05, 0) is 42.0 Å². The van der Waals surface area contributed by atoms with Crippen LogP contribution in [0.1, 0.15) is 11.1 Å². The molecule has 0 amide bonds. The van der Waals surface area contributed by atoms with E-state index in [-0.39, 0.29) is 17.0 Å². The van der Waals surface area contributed by atoms with Crippen molar-refractivity contribution < 1.29 is 13.9 Å². The van der Waals surface area contributed by atoms with Crippen LogP contribution in [0.2, 0.25) is 0 Å². The van der Waals surface area contributed by atoms with Crippen LogP contribution in [0, 0.1) is 0 Å². The summed E-state index contributed by atoms with van der Waals surface area (Å²) in [4.78, 5) is 17.4. The maximum absolute atomic E-state index is 15.9. The van der Waals surface area contributed by atoms with Gasteiger partial charge >= 0.3 is 0 Å². The number of pyridine rings is 1. The molecule has 0 unspecified atom stereocenters. The number of hydrogen-bond donors (Lipinski definition) is 1. The predicted molar refractivity (Wildman–Crippen MR) is 145 cm³/mol. The number of ether oxygens (including phenoxy) is 2. The number of halogens is 1. The summed E-state index contributed by atoms with van der Waals surface area (Å²) in [5.74, 6) is 0.0767. The number of aliphatic imine (C=N–C) groups is 1. The van der Waals surface area contributed by atoms with E-state index >= 15 is 4.39 Å². The highest BCUT2D eigenvalue weighted by Crippen LogP contribution is 2.30. The molecule has 3 rings (SSSR count). The summed E-state index contributed by atoms with van der Waals surface area (Å²) in [6, 6.07) is 17.6. The number of benzene rings is 2.